The first-order valence-electron chi connectivity index (χ1n) is 15.2. The van der Waals surface area contributed by atoms with Gasteiger partial charge in [0.25, 0.3) is 23.6 Å². The van der Waals surface area contributed by atoms with Crippen molar-refractivity contribution in [2.45, 2.75) is 25.9 Å². The van der Waals surface area contributed by atoms with Gasteiger partial charge >= 0.3 is 0 Å². The summed E-state index contributed by atoms with van der Waals surface area (Å²) in [7, 11) is 0. The van der Waals surface area contributed by atoms with Crippen LogP contribution in [0.2, 0.25) is 0 Å². The molecule has 0 unspecified atom stereocenters. The molecule has 7 rings (SSSR count). The zero-order chi connectivity index (χ0) is 32.8. The van der Waals surface area contributed by atoms with Crippen LogP contribution < -0.4 is 10.2 Å². The number of ketones is 1. The van der Waals surface area contributed by atoms with Gasteiger partial charge in [0.15, 0.2) is 5.78 Å². The number of benzene rings is 5. The predicted octanol–water partition coefficient (Wildman–Crippen LogP) is 6.80. The van der Waals surface area contributed by atoms with Crippen LogP contribution in [0.5, 0.6) is 0 Å². The van der Waals surface area contributed by atoms with Gasteiger partial charge < -0.3 is 10.2 Å². The van der Waals surface area contributed by atoms with E-state index in [1.54, 1.807) is 42.5 Å². The number of rotatable bonds is 7. The average Bonchev–Trinajstić information content (AvgIpc) is 3.80. The lowest BCUT2D eigenvalue weighted by atomic mass is 10.0. The smallest absolute Gasteiger partial charge is 0.266 e. The summed E-state index contributed by atoms with van der Waals surface area (Å²) in [5.74, 6) is -2.13. The lowest BCUT2D eigenvalue weighted by molar-refractivity contribution is 0.0833. The number of fused-ring (bicyclic) bond motifs is 1. The Kier molecular flexibility index (Phi) is 7.33. The van der Waals surface area contributed by atoms with Gasteiger partial charge in [0.1, 0.15) is 6.04 Å². The molecule has 8 nitrogen and oxygen atoms in total. The van der Waals surface area contributed by atoms with Gasteiger partial charge in [0.05, 0.1) is 22.9 Å². The van der Waals surface area contributed by atoms with Crippen LogP contribution in [-0.2, 0) is 0 Å². The minimum absolute atomic E-state index is 0.0786. The number of carbonyl (C=O) groups excluding carboxylic acids is 5. The Morgan fingerprint density at radius 2 is 1.30 bits per heavy atom. The Labute approximate surface area is 271 Å². The number of anilines is 2. The van der Waals surface area contributed by atoms with Gasteiger partial charge in [0, 0.05) is 22.4 Å². The van der Waals surface area contributed by atoms with E-state index < -0.39 is 29.8 Å². The van der Waals surface area contributed by atoms with Crippen molar-refractivity contribution in [3.05, 3.63) is 166 Å². The molecule has 1 saturated heterocycles. The summed E-state index contributed by atoms with van der Waals surface area (Å²) >= 11 is 0. The summed E-state index contributed by atoms with van der Waals surface area (Å²) in [6.07, 6.45) is 0. The van der Waals surface area contributed by atoms with E-state index in [0.29, 0.717) is 11.3 Å². The molecule has 8 heteroatoms. The number of hydrogen-bond acceptors (Lipinski definition) is 5. The third-order valence-electron chi connectivity index (χ3n) is 8.78. The monoisotopic (exact) mass is 619 g/mol. The molecule has 47 heavy (non-hydrogen) atoms. The quantitative estimate of drug-likeness (QED) is 0.123. The summed E-state index contributed by atoms with van der Waals surface area (Å²) < 4.78 is 0. The molecule has 4 amide bonds. The van der Waals surface area contributed by atoms with E-state index in [2.05, 4.69) is 5.32 Å². The maximum Gasteiger partial charge on any atom is 0.266 e. The zero-order valence-electron chi connectivity index (χ0n) is 25.6. The maximum absolute atomic E-state index is 13.9. The van der Waals surface area contributed by atoms with Gasteiger partial charge in [-0.3, -0.25) is 24.0 Å². The van der Waals surface area contributed by atoms with Crippen LogP contribution in [0, 0.1) is 13.8 Å². The first kappa shape index (κ1) is 29.6. The predicted molar refractivity (Wildman–Crippen MR) is 178 cm³/mol. The molecule has 2 atom stereocenters. The van der Waals surface area contributed by atoms with Gasteiger partial charge in [-0.25, -0.2) is 4.90 Å². The SMILES string of the molecule is Cc1ccc(NC(=O)c2cccc(N3C(=O)c4ccc(C(=O)N5[C@H](c6ccccc6)[C@@H]5C(=O)c5ccccc5)cc4C3=O)c2)cc1C. The van der Waals surface area contributed by atoms with E-state index in [-0.39, 0.29) is 39.6 Å². The summed E-state index contributed by atoms with van der Waals surface area (Å²) in [5, 5.41) is 2.86. The number of carbonyl (C=O) groups is 5. The van der Waals surface area contributed by atoms with Gasteiger partial charge in [-0.15, -0.1) is 0 Å². The number of imide groups is 1. The average molecular weight is 620 g/mol. The molecule has 0 aliphatic carbocycles. The number of Topliss-reactive ketones (excluding diaryl/α,β-unsaturated/α-hetero) is 1. The highest BCUT2D eigenvalue weighted by Crippen LogP contribution is 2.46. The zero-order valence-corrected chi connectivity index (χ0v) is 25.6. The van der Waals surface area contributed by atoms with E-state index >= 15 is 0 Å². The van der Waals surface area contributed by atoms with Crippen LogP contribution in [0.1, 0.15) is 74.5 Å². The van der Waals surface area contributed by atoms with Crippen molar-refractivity contribution in [1.82, 2.24) is 4.90 Å². The molecule has 1 N–H and O–H groups in total. The Balaban J connectivity index is 1.14. The summed E-state index contributed by atoms with van der Waals surface area (Å²) in [5.41, 5.74) is 5.04. The van der Waals surface area contributed by atoms with Crippen molar-refractivity contribution in [3.63, 3.8) is 0 Å². The van der Waals surface area contributed by atoms with Crippen LogP contribution in [0.4, 0.5) is 11.4 Å². The Bertz CT molecular complexity index is 2110. The third-order valence-corrected chi connectivity index (χ3v) is 8.78. The largest absolute Gasteiger partial charge is 0.322 e. The van der Waals surface area contributed by atoms with Crippen LogP contribution >= 0.6 is 0 Å². The molecule has 2 aliphatic heterocycles. The molecule has 0 saturated carbocycles. The third kappa shape index (κ3) is 5.29. The molecule has 2 heterocycles. The molecule has 0 aromatic heterocycles. The van der Waals surface area contributed by atoms with Crippen LogP contribution in [-0.4, -0.2) is 40.4 Å². The molecule has 1 fully saturated rings. The second-order valence-corrected chi connectivity index (χ2v) is 11.8. The molecular formula is C39H29N3O5. The first-order valence-corrected chi connectivity index (χ1v) is 15.2. The number of aryl methyl sites for hydroxylation is 2. The van der Waals surface area contributed by atoms with Crippen molar-refractivity contribution in [3.8, 4) is 0 Å². The summed E-state index contributed by atoms with van der Waals surface area (Å²) in [4.78, 5) is 70.2. The van der Waals surface area contributed by atoms with Crippen LogP contribution in [0.25, 0.3) is 0 Å². The van der Waals surface area contributed by atoms with Gasteiger partial charge in [-0.05, 0) is 79.1 Å². The summed E-state index contributed by atoms with van der Waals surface area (Å²) in [6.45, 7) is 3.94. The first-order chi connectivity index (χ1) is 22.7. The molecule has 5 aromatic rings. The highest BCUT2D eigenvalue weighted by atomic mass is 16.2. The molecule has 5 aromatic carbocycles. The molecule has 0 spiro atoms. The van der Waals surface area contributed by atoms with Gasteiger partial charge in [0.2, 0.25) is 0 Å². The van der Waals surface area contributed by atoms with E-state index in [9.17, 15) is 24.0 Å². The normalized spacial score (nSPS) is 16.6. The number of nitrogens with zero attached hydrogens (tertiary/aromatic N) is 2. The highest BCUT2D eigenvalue weighted by Gasteiger charge is 2.56. The second kappa shape index (κ2) is 11.7. The summed E-state index contributed by atoms with van der Waals surface area (Å²) in [6, 6.07) is 33.3. The van der Waals surface area contributed by atoms with Crippen molar-refractivity contribution >= 4 is 40.8 Å². The van der Waals surface area contributed by atoms with Crippen LogP contribution in [0.3, 0.4) is 0 Å². The molecule has 230 valence electrons. The van der Waals surface area contributed by atoms with Gasteiger partial charge in [-0.2, -0.15) is 0 Å². The fourth-order valence-corrected chi connectivity index (χ4v) is 6.09. The van der Waals surface area contributed by atoms with Crippen molar-refractivity contribution in [2.24, 2.45) is 0 Å². The van der Waals surface area contributed by atoms with E-state index in [1.807, 2.05) is 68.4 Å². The molecule has 0 radical (unpaired) electrons. The second-order valence-electron chi connectivity index (χ2n) is 11.8. The minimum atomic E-state index is -0.702. The molecule has 0 bridgehead atoms. The van der Waals surface area contributed by atoms with Crippen molar-refractivity contribution < 1.29 is 24.0 Å². The Morgan fingerprint density at radius 1 is 0.617 bits per heavy atom. The Hall–Kier alpha value is -6.15. The van der Waals surface area contributed by atoms with Crippen LogP contribution in [0.15, 0.2) is 121 Å². The molecular weight excluding hydrogens is 590 g/mol. The minimum Gasteiger partial charge on any atom is -0.322 e. The Morgan fingerprint density at radius 3 is 2.02 bits per heavy atom. The van der Waals surface area contributed by atoms with E-state index in [0.717, 1.165) is 21.6 Å². The topological polar surface area (TPSA) is 104 Å². The van der Waals surface area contributed by atoms with E-state index in [1.165, 1.54) is 29.2 Å². The number of nitrogens with one attached hydrogen (secondary N) is 1. The fraction of sp³-hybridized carbons (Fsp3) is 0.103. The standard InChI is InChI=1S/C39H29N3O5/c1-23-16-18-29(20-24(23)2)40-36(44)27-14-9-15-30(21-27)41-38(46)31-19-17-28(22-32(31)39(41)47)37(45)42-33(25-10-5-3-6-11-25)34(42)35(43)26-12-7-4-8-13-26/h3-22,33-34H,1-2H3,(H,40,44)/t33-,34-,42?/m1/s1. The number of hydrogen-bond donors (Lipinski definition) is 1. The highest BCUT2D eigenvalue weighted by molar-refractivity contribution is 6.35. The lowest BCUT2D eigenvalue weighted by Gasteiger charge is -2.15. The lowest BCUT2D eigenvalue weighted by Crippen LogP contribution is -2.29. The fourth-order valence-electron chi connectivity index (χ4n) is 6.09. The van der Waals surface area contributed by atoms with Gasteiger partial charge in [-0.1, -0.05) is 72.8 Å². The van der Waals surface area contributed by atoms with Crippen molar-refractivity contribution in [1.29, 1.82) is 0 Å². The number of amides is 4. The maximum atomic E-state index is 13.9. The molecule has 2 aliphatic rings. The van der Waals surface area contributed by atoms with E-state index in [4.69, 9.17) is 0 Å². The van der Waals surface area contributed by atoms with Crippen molar-refractivity contribution in [2.75, 3.05) is 10.2 Å².